The summed E-state index contributed by atoms with van der Waals surface area (Å²) in [5.41, 5.74) is 7.69. The summed E-state index contributed by atoms with van der Waals surface area (Å²) in [6, 6.07) is 6.10. The molecule has 2 rings (SSSR count). The molecule has 0 aliphatic carbocycles. The molecule has 1 aromatic carbocycles. The standard InChI is InChI=1S/C15H23N3OS/c1-2-20-13-7-3-6-12(14(13)15(16)17)18-8-4-5-11(9-18)10-19/h3,6-7,11,19H,2,4-5,8-10H2,1H3,(H3,16,17). The van der Waals surface area contributed by atoms with E-state index in [0.717, 1.165) is 47.8 Å². The quantitative estimate of drug-likeness (QED) is 0.442. The smallest absolute Gasteiger partial charge is 0.126 e. The second-order valence-electron chi connectivity index (χ2n) is 5.13. The van der Waals surface area contributed by atoms with Gasteiger partial charge in [0, 0.05) is 30.3 Å². The molecule has 1 unspecified atom stereocenters. The van der Waals surface area contributed by atoms with Gasteiger partial charge in [-0.1, -0.05) is 13.0 Å². The van der Waals surface area contributed by atoms with Crippen molar-refractivity contribution in [3.05, 3.63) is 23.8 Å². The van der Waals surface area contributed by atoms with E-state index in [2.05, 4.69) is 11.8 Å². The summed E-state index contributed by atoms with van der Waals surface area (Å²) in [6.07, 6.45) is 2.15. The predicted molar refractivity (Wildman–Crippen MR) is 85.9 cm³/mol. The van der Waals surface area contributed by atoms with Crippen molar-refractivity contribution in [2.75, 3.05) is 30.3 Å². The number of amidine groups is 1. The van der Waals surface area contributed by atoms with Crippen molar-refractivity contribution in [3.8, 4) is 0 Å². The van der Waals surface area contributed by atoms with Crippen LogP contribution in [-0.2, 0) is 0 Å². The van der Waals surface area contributed by atoms with Gasteiger partial charge in [0.15, 0.2) is 0 Å². The molecular formula is C15H23N3OS. The Morgan fingerprint density at radius 3 is 3.00 bits per heavy atom. The topological polar surface area (TPSA) is 73.3 Å². The zero-order chi connectivity index (χ0) is 14.5. The molecule has 4 nitrogen and oxygen atoms in total. The number of piperidine rings is 1. The summed E-state index contributed by atoms with van der Waals surface area (Å²) in [5.74, 6) is 1.41. The van der Waals surface area contributed by atoms with E-state index in [1.54, 1.807) is 11.8 Å². The second kappa shape index (κ2) is 6.99. The number of nitrogens with zero attached hydrogens (tertiary/aromatic N) is 1. The fraction of sp³-hybridized carbons (Fsp3) is 0.533. The van der Waals surface area contributed by atoms with Crippen LogP contribution in [0.25, 0.3) is 0 Å². The van der Waals surface area contributed by atoms with Gasteiger partial charge in [-0.05, 0) is 36.6 Å². The number of aliphatic hydroxyl groups excluding tert-OH is 1. The van der Waals surface area contributed by atoms with Crippen molar-refractivity contribution in [2.24, 2.45) is 11.7 Å². The van der Waals surface area contributed by atoms with Crippen LogP contribution >= 0.6 is 11.8 Å². The molecule has 20 heavy (non-hydrogen) atoms. The van der Waals surface area contributed by atoms with E-state index < -0.39 is 0 Å². The number of nitrogens with one attached hydrogen (secondary N) is 1. The number of hydrogen-bond acceptors (Lipinski definition) is 4. The van der Waals surface area contributed by atoms with Crippen molar-refractivity contribution in [1.82, 2.24) is 0 Å². The Morgan fingerprint density at radius 2 is 2.35 bits per heavy atom. The molecule has 0 bridgehead atoms. The molecule has 1 fully saturated rings. The van der Waals surface area contributed by atoms with Gasteiger partial charge < -0.3 is 15.7 Å². The number of hydrogen-bond donors (Lipinski definition) is 3. The maximum Gasteiger partial charge on any atom is 0.126 e. The zero-order valence-corrected chi connectivity index (χ0v) is 12.7. The van der Waals surface area contributed by atoms with Crippen LogP contribution in [0.3, 0.4) is 0 Å². The Bertz CT molecular complexity index is 478. The summed E-state index contributed by atoms with van der Waals surface area (Å²) in [4.78, 5) is 3.34. The van der Waals surface area contributed by atoms with Gasteiger partial charge >= 0.3 is 0 Å². The van der Waals surface area contributed by atoms with Gasteiger partial charge in [-0.25, -0.2) is 0 Å². The van der Waals surface area contributed by atoms with Crippen LogP contribution in [0.4, 0.5) is 5.69 Å². The third-order valence-corrected chi connectivity index (χ3v) is 4.63. The van der Waals surface area contributed by atoms with E-state index in [1.165, 1.54) is 0 Å². The monoisotopic (exact) mass is 293 g/mol. The highest BCUT2D eigenvalue weighted by Gasteiger charge is 2.23. The van der Waals surface area contributed by atoms with E-state index in [0.29, 0.717) is 5.92 Å². The third-order valence-electron chi connectivity index (χ3n) is 3.69. The molecular weight excluding hydrogens is 270 g/mol. The van der Waals surface area contributed by atoms with Crippen molar-refractivity contribution in [1.29, 1.82) is 5.41 Å². The number of thioether (sulfide) groups is 1. The minimum Gasteiger partial charge on any atom is -0.396 e. The normalized spacial score (nSPS) is 19.1. The number of anilines is 1. The Kier molecular flexibility index (Phi) is 5.31. The number of aliphatic hydroxyl groups is 1. The van der Waals surface area contributed by atoms with Gasteiger partial charge in [-0.2, -0.15) is 0 Å². The highest BCUT2D eigenvalue weighted by molar-refractivity contribution is 7.99. The first kappa shape index (κ1) is 15.2. The molecule has 0 spiro atoms. The van der Waals surface area contributed by atoms with Crippen molar-refractivity contribution >= 4 is 23.3 Å². The van der Waals surface area contributed by atoms with Gasteiger partial charge in [-0.15, -0.1) is 11.8 Å². The maximum atomic E-state index is 9.38. The number of benzene rings is 1. The molecule has 1 heterocycles. The average Bonchev–Trinajstić information content (AvgIpc) is 2.47. The van der Waals surface area contributed by atoms with Crippen LogP contribution in [0.1, 0.15) is 25.3 Å². The van der Waals surface area contributed by atoms with Crippen LogP contribution in [-0.4, -0.2) is 36.4 Å². The number of nitrogens with two attached hydrogens (primary N) is 1. The first-order valence-electron chi connectivity index (χ1n) is 7.13. The molecule has 0 aromatic heterocycles. The SMILES string of the molecule is CCSc1cccc(N2CCCC(CO)C2)c1C(=N)N. The Labute approximate surface area is 124 Å². The maximum absolute atomic E-state index is 9.38. The molecule has 0 saturated carbocycles. The van der Waals surface area contributed by atoms with E-state index in [1.807, 2.05) is 18.2 Å². The summed E-state index contributed by atoms with van der Waals surface area (Å²) in [5, 5.41) is 17.3. The highest BCUT2D eigenvalue weighted by Crippen LogP contribution is 2.32. The van der Waals surface area contributed by atoms with Crippen molar-refractivity contribution in [3.63, 3.8) is 0 Å². The minimum atomic E-state index is 0.127. The summed E-state index contributed by atoms with van der Waals surface area (Å²) >= 11 is 1.72. The number of nitrogen functional groups attached to an aromatic ring is 1. The Morgan fingerprint density at radius 1 is 1.55 bits per heavy atom. The first-order valence-corrected chi connectivity index (χ1v) is 8.12. The molecule has 1 aliphatic heterocycles. The van der Waals surface area contributed by atoms with Gasteiger partial charge in [0.2, 0.25) is 0 Å². The number of rotatable bonds is 5. The molecule has 5 heteroatoms. The van der Waals surface area contributed by atoms with E-state index >= 15 is 0 Å². The van der Waals surface area contributed by atoms with Crippen LogP contribution in [0.5, 0.6) is 0 Å². The van der Waals surface area contributed by atoms with E-state index in [9.17, 15) is 5.11 Å². The average molecular weight is 293 g/mol. The largest absolute Gasteiger partial charge is 0.396 e. The van der Waals surface area contributed by atoms with E-state index in [4.69, 9.17) is 11.1 Å². The van der Waals surface area contributed by atoms with Gasteiger partial charge in [0.05, 0.1) is 5.56 Å². The molecule has 1 saturated heterocycles. The van der Waals surface area contributed by atoms with Crippen molar-refractivity contribution in [2.45, 2.75) is 24.7 Å². The third kappa shape index (κ3) is 3.27. The van der Waals surface area contributed by atoms with Crippen molar-refractivity contribution < 1.29 is 5.11 Å². The van der Waals surface area contributed by atoms with Crippen LogP contribution in [0.15, 0.2) is 23.1 Å². The Balaban J connectivity index is 2.34. The molecule has 0 radical (unpaired) electrons. The molecule has 1 aromatic rings. The minimum absolute atomic E-state index is 0.127. The molecule has 1 aliphatic rings. The summed E-state index contributed by atoms with van der Waals surface area (Å²) in [7, 11) is 0. The van der Waals surface area contributed by atoms with Crippen LogP contribution in [0.2, 0.25) is 0 Å². The van der Waals surface area contributed by atoms with Gasteiger partial charge in [-0.3, -0.25) is 5.41 Å². The van der Waals surface area contributed by atoms with Gasteiger partial charge in [0.1, 0.15) is 5.84 Å². The molecule has 4 N–H and O–H groups in total. The summed E-state index contributed by atoms with van der Waals surface area (Å²) < 4.78 is 0. The lowest BCUT2D eigenvalue weighted by Crippen LogP contribution is -2.38. The lowest BCUT2D eigenvalue weighted by atomic mass is 9.97. The molecule has 110 valence electrons. The fourth-order valence-corrected chi connectivity index (χ4v) is 3.61. The fourth-order valence-electron chi connectivity index (χ4n) is 2.76. The van der Waals surface area contributed by atoms with Crippen LogP contribution < -0.4 is 10.6 Å². The first-order chi connectivity index (χ1) is 9.67. The molecule has 0 amide bonds. The Hall–Kier alpha value is -1.20. The molecule has 1 atom stereocenters. The highest BCUT2D eigenvalue weighted by atomic mass is 32.2. The second-order valence-corrected chi connectivity index (χ2v) is 6.44. The van der Waals surface area contributed by atoms with E-state index in [-0.39, 0.29) is 12.4 Å². The lowest BCUT2D eigenvalue weighted by Gasteiger charge is -2.35. The summed E-state index contributed by atoms with van der Waals surface area (Å²) in [6.45, 7) is 4.15. The van der Waals surface area contributed by atoms with Crippen LogP contribution in [0, 0.1) is 11.3 Å². The lowest BCUT2D eigenvalue weighted by molar-refractivity contribution is 0.208. The zero-order valence-electron chi connectivity index (χ0n) is 11.9. The van der Waals surface area contributed by atoms with Gasteiger partial charge in [0.25, 0.3) is 0 Å². The predicted octanol–water partition coefficient (Wildman–Crippen LogP) is 2.29.